The normalized spacial score (nSPS) is 26.7. The van der Waals surface area contributed by atoms with Crippen LogP contribution < -0.4 is 0 Å². The molecule has 0 saturated heterocycles. The van der Waals surface area contributed by atoms with Gasteiger partial charge in [0.25, 0.3) is 0 Å². The number of hydrogen-bond donors (Lipinski definition) is 1. The summed E-state index contributed by atoms with van der Waals surface area (Å²) in [5, 5.41) is 9.28. The molecule has 0 amide bonds. The van der Waals surface area contributed by atoms with Crippen LogP contribution in [-0.2, 0) is 9.53 Å². The number of carbonyl (C=O) groups excluding carboxylic acids is 1. The molecule has 0 aromatic carbocycles. The molecule has 1 aliphatic heterocycles. The van der Waals surface area contributed by atoms with Gasteiger partial charge >= 0.3 is 0 Å². The molecule has 12 heavy (non-hydrogen) atoms. The third-order valence-electron chi connectivity index (χ3n) is 1.78. The Bertz CT molecular complexity index is 248. The average molecular weight is 170 g/mol. The molecule has 0 atom stereocenters. The Kier molecular flexibility index (Phi) is 1.80. The van der Waals surface area contributed by atoms with Crippen molar-refractivity contribution < 1.29 is 14.6 Å². The third kappa shape index (κ3) is 1.50. The molecule has 68 valence electrons. The van der Waals surface area contributed by atoms with Crippen molar-refractivity contribution in [2.24, 2.45) is 0 Å². The largest absolute Gasteiger partial charge is 0.504 e. The number of ketones is 1. The standard InChI is InChI=1S/C9H14O3/c1-8(2)5-6(10)7(11)9(3,4)12-8/h5,10H,1-4H3. The molecule has 0 unspecified atom stereocenters. The van der Waals surface area contributed by atoms with Crippen LogP contribution in [0.3, 0.4) is 0 Å². The minimum absolute atomic E-state index is 0.198. The van der Waals surface area contributed by atoms with Crippen molar-refractivity contribution in [2.75, 3.05) is 0 Å². The van der Waals surface area contributed by atoms with E-state index < -0.39 is 11.2 Å². The fourth-order valence-corrected chi connectivity index (χ4v) is 1.44. The highest BCUT2D eigenvalue weighted by Gasteiger charge is 2.41. The molecule has 0 aromatic heterocycles. The van der Waals surface area contributed by atoms with Gasteiger partial charge in [-0.1, -0.05) is 0 Å². The molecule has 0 spiro atoms. The fourth-order valence-electron chi connectivity index (χ4n) is 1.44. The Labute approximate surface area is 72.0 Å². The zero-order chi connectivity index (χ0) is 9.57. The maximum atomic E-state index is 11.3. The summed E-state index contributed by atoms with van der Waals surface area (Å²) >= 11 is 0. The van der Waals surface area contributed by atoms with Crippen LogP contribution in [0.5, 0.6) is 0 Å². The average Bonchev–Trinajstić information content (AvgIpc) is 1.79. The van der Waals surface area contributed by atoms with Gasteiger partial charge in [-0.2, -0.15) is 0 Å². The first kappa shape index (κ1) is 9.26. The van der Waals surface area contributed by atoms with Gasteiger partial charge < -0.3 is 9.84 Å². The maximum Gasteiger partial charge on any atom is 0.228 e. The van der Waals surface area contributed by atoms with E-state index in [4.69, 9.17) is 4.74 Å². The van der Waals surface area contributed by atoms with Crippen LogP contribution in [0, 0.1) is 0 Å². The van der Waals surface area contributed by atoms with Crippen LogP contribution in [0.4, 0.5) is 0 Å². The molecule has 1 rings (SSSR count). The molecule has 0 fully saturated rings. The monoisotopic (exact) mass is 170 g/mol. The number of ether oxygens (including phenoxy) is 1. The van der Waals surface area contributed by atoms with E-state index in [2.05, 4.69) is 0 Å². The van der Waals surface area contributed by atoms with Crippen LogP contribution in [0.15, 0.2) is 11.8 Å². The summed E-state index contributed by atoms with van der Waals surface area (Å²) in [5.41, 5.74) is -1.48. The molecule has 1 aliphatic rings. The van der Waals surface area contributed by atoms with Gasteiger partial charge in [-0.15, -0.1) is 0 Å². The first-order valence-corrected chi connectivity index (χ1v) is 3.91. The van der Waals surface area contributed by atoms with E-state index in [1.54, 1.807) is 27.7 Å². The van der Waals surface area contributed by atoms with Gasteiger partial charge in [0.1, 0.15) is 5.60 Å². The summed E-state index contributed by atoms with van der Waals surface area (Å²) < 4.78 is 5.46. The number of aliphatic hydroxyl groups is 1. The van der Waals surface area contributed by atoms with Crippen molar-refractivity contribution in [2.45, 2.75) is 38.9 Å². The van der Waals surface area contributed by atoms with E-state index >= 15 is 0 Å². The van der Waals surface area contributed by atoms with E-state index in [1.807, 2.05) is 0 Å². The van der Waals surface area contributed by atoms with Crippen LogP contribution in [0.2, 0.25) is 0 Å². The Morgan fingerprint density at radius 1 is 1.33 bits per heavy atom. The van der Waals surface area contributed by atoms with Gasteiger partial charge in [-0.05, 0) is 33.8 Å². The van der Waals surface area contributed by atoms with Crippen molar-refractivity contribution >= 4 is 5.78 Å². The second-order valence-electron chi connectivity index (χ2n) is 4.07. The number of rotatable bonds is 0. The van der Waals surface area contributed by atoms with Crippen molar-refractivity contribution in [1.29, 1.82) is 0 Å². The highest BCUT2D eigenvalue weighted by Crippen LogP contribution is 2.29. The Balaban J connectivity index is 3.09. The molecule has 3 heteroatoms. The zero-order valence-corrected chi connectivity index (χ0v) is 7.84. The van der Waals surface area contributed by atoms with E-state index in [9.17, 15) is 9.90 Å². The van der Waals surface area contributed by atoms with Crippen molar-refractivity contribution in [3.8, 4) is 0 Å². The van der Waals surface area contributed by atoms with Crippen molar-refractivity contribution in [3.63, 3.8) is 0 Å². The summed E-state index contributed by atoms with van der Waals surface area (Å²) in [6.45, 7) is 6.91. The molecule has 0 aromatic rings. The first-order chi connectivity index (χ1) is 5.25. The van der Waals surface area contributed by atoms with Crippen molar-refractivity contribution in [3.05, 3.63) is 11.8 Å². The summed E-state index contributed by atoms with van der Waals surface area (Å²) in [4.78, 5) is 11.3. The molecular formula is C9H14O3. The van der Waals surface area contributed by atoms with Crippen LogP contribution in [0.1, 0.15) is 27.7 Å². The quantitative estimate of drug-likeness (QED) is 0.600. The van der Waals surface area contributed by atoms with Crippen LogP contribution in [-0.4, -0.2) is 22.1 Å². The predicted octanol–water partition coefficient (Wildman–Crippen LogP) is 1.58. The molecule has 1 N–H and O–H groups in total. The Morgan fingerprint density at radius 2 is 1.83 bits per heavy atom. The highest BCUT2D eigenvalue weighted by molar-refractivity contribution is 6.00. The second-order valence-corrected chi connectivity index (χ2v) is 4.07. The lowest BCUT2D eigenvalue weighted by molar-refractivity contribution is -0.157. The molecule has 1 heterocycles. The predicted molar refractivity (Wildman–Crippen MR) is 45.0 cm³/mol. The molecular weight excluding hydrogens is 156 g/mol. The second kappa shape index (κ2) is 2.33. The van der Waals surface area contributed by atoms with Crippen molar-refractivity contribution in [1.82, 2.24) is 0 Å². The van der Waals surface area contributed by atoms with E-state index in [-0.39, 0.29) is 11.5 Å². The van der Waals surface area contributed by atoms with Gasteiger partial charge in [0.05, 0.1) is 5.60 Å². The molecule has 0 radical (unpaired) electrons. The lowest BCUT2D eigenvalue weighted by Gasteiger charge is -2.36. The number of aliphatic hydroxyl groups excluding tert-OH is 1. The van der Waals surface area contributed by atoms with E-state index in [1.165, 1.54) is 6.08 Å². The van der Waals surface area contributed by atoms with Gasteiger partial charge in [0, 0.05) is 0 Å². The van der Waals surface area contributed by atoms with Crippen LogP contribution >= 0.6 is 0 Å². The minimum atomic E-state index is -0.914. The summed E-state index contributed by atoms with van der Waals surface area (Å²) in [5.74, 6) is -0.557. The fraction of sp³-hybridized carbons (Fsp3) is 0.667. The maximum absolute atomic E-state index is 11.3. The molecule has 0 bridgehead atoms. The van der Waals surface area contributed by atoms with Gasteiger partial charge in [-0.3, -0.25) is 4.79 Å². The number of hydrogen-bond acceptors (Lipinski definition) is 3. The third-order valence-corrected chi connectivity index (χ3v) is 1.78. The van der Waals surface area contributed by atoms with Gasteiger partial charge in [0.2, 0.25) is 5.78 Å². The minimum Gasteiger partial charge on any atom is -0.504 e. The SMILES string of the molecule is CC1(C)C=C(O)C(=O)C(C)(C)O1. The highest BCUT2D eigenvalue weighted by atomic mass is 16.5. The smallest absolute Gasteiger partial charge is 0.228 e. The molecule has 0 aliphatic carbocycles. The topological polar surface area (TPSA) is 46.5 Å². The van der Waals surface area contributed by atoms with E-state index in [0.29, 0.717) is 0 Å². The summed E-state index contributed by atoms with van der Waals surface area (Å²) in [6, 6.07) is 0. The zero-order valence-electron chi connectivity index (χ0n) is 7.84. The summed E-state index contributed by atoms with van der Waals surface area (Å²) in [7, 11) is 0. The summed E-state index contributed by atoms with van der Waals surface area (Å²) in [6.07, 6.45) is 1.43. The first-order valence-electron chi connectivity index (χ1n) is 3.91. The van der Waals surface area contributed by atoms with E-state index in [0.717, 1.165) is 0 Å². The van der Waals surface area contributed by atoms with Crippen LogP contribution in [0.25, 0.3) is 0 Å². The van der Waals surface area contributed by atoms with Gasteiger partial charge in [0.15, 0.2) is 5.76 Å². The Hall–Kier alpha value is -0.830. The lowest BCUT2D eigenvalue weighted by Crippen LogP contribution is -2.47. The Morgan fingerprint density at radius 3 is 2.25 bits per heavy atom. The number of carbonyl (C=O) groups is 1. The number of Topliss-reactive ketones (excluding diaryl/α,β-unsaturated/α-hetero) is 1. The lowest BCUT2D eigenvalue weighted by atomic mass is 9.93. The molecule has 0 saturated carbocycles. The molecule has 3 nitrogen and oxygen atoms in total. The van der Waals surface area contributed by atoms with Gasteiger partial charge in [-0.25, -0.2) is 0 Å².